The third kappa shape index (κ3) is 3.32. The first-order valence-electron chi connectivity index (χ1n) is 7.39. The highest BCUT2D eigenvalue weighted by Gasteiger charge is 2.26. The first kappa shape index (κ1) is 17.0. The van der Waals surface area contributed by atoms with Gasteiger partial charge in [0, 0.05) is 16.9 Å². The molecule has 1 atom stereocenters. The molecule has 1 unspecified atom stereocenters. The summed E-state index contributed by atoms with van der Waals surface area (Å²) in [7, 11) is -3.51. The molecule has 0 spiro atoms. The maximum absolute atomic E-state index is 13.9. The van der Waals surface area contributed by atoms with Crippen LogP contribution in [0.15, 0.2) is 52.3 Å². The highest BCUT2D eigenvalue weighted by atomic mass is 32.2. The van der Waals surface area contributed by atoms with E-state index in [1.54, 1.807) is 24.3 Å². The summed E-state index contributed by atoms with van der Waals surface area (Å²) in [5.41, 5.74) is 0.840. The normalized spacial score (nSPS) is 17.2. The number of fused-ring (bicyclic) bond motifs is 1. The van der Waals surface area contributed by atoms with Gasteiger partial charge < -0.3 is 5.32 Å². The molecule has 24 heavy (non-hydrogen) atoms. The Balaban J connectivity index is 1.92. The molecular weight excluding hydrogens is 349 g/mol. The minimum Gasteiger partial charge on any atom is -0.345 e. The van der Waals surface area contributed by atoms with Gasteiger partial charge in [0.1, 0.15) is 5.82 Å². The third-order valence-electron chi connectivity index (χ3n) is 3.86. The quantitative estimate of drug-likeness (QED) is 0.907. The zero-order valence-corrected chi connectivity index (χ0v) is 14.6. The average molecular weight is 365 g/mol. The second-order valence-corrected chi connectivity index (χ2v) is 8.68. The minimum atomic E-state index is -3.51. The number of carbonyl (C=O) groups excluding carboxylic acids is 1. The zero-order valence-electron chi connectivity index (χ0n) is 13.0. The predicted octanol–water partition coefficient (Wildman–Crippen LogP) is 3.20. The number of thioether (sulfide) groups is 1. The summed E-state index contributed by atoms with van der Waals surface area (Å²) < 4.78 is 37.6. The van der Waals surface area contributed by atoms with Crippen LogP contribution in [-0.2, 0) is 9.84 Å². The van der Waals surface area contributed by atoms with Crippen LogP contribution >= 0.6 is 11.8 Å². The number of benzene rings is 2. The molecule has 0 radical (unpaired) electrons. The molecule has 0 saturated heterocycles. The lowest BCUT2D eigenvalue weighted by Gasteiger charge is -2.26. The average Bonchev–Trinajstić information content (AvgIpc) is 2.55. The summed E-state index contributed by atoms with van der Waals surface area (Å²) in [6.07, 6.45) is 1.73. The van der Waals surface area contributed by atoms with E-state index in [9.17, 15) is 17.6 Å². The Morgan fingerprint density at radius 1 is 1.21 bits per heavy atom. The van der Waals surface area contributed by atoms with Gasteiger partial charge in [0.25, 0.3) is 5.91 Å². The largest absolute Gasteiger partial charge is 0.345 e. The highest BCUT2D eigenvalue weighted by Crippen LogP contribution is 2.37. The summed E-state index contributed by atoms with van der Waals surface area (Å²) in [5.74, 6) is -0.0804. The van der Waals surface area contributed by atoms with Crippen molar-refractivity contribution in [3.8, 4) is 0 Å². The van der Waals surface area contributed by atoms with Crippen molar-refractivity contribution in [2.24, 2.45) is 0 Å². The predicted molar refractivity (Wildman–Crippen MR) is 91.5 cm³/mol. The Labute approximate surface area is 144 Å². The lowest BCUT2D eigenvalue weighted by Crippen LogP contribution is -2.31. The van der Waals surface area contributed by atoms with E-state index in [0.717, 1.165) is 11.8 Å². The van der Waals surface area contributed by atoms with E-state index in [2.05, 4.69) is 5.32 Å². The smallest absolute Gasteiger partial charge is 0.253 e. The van der Waals surface area contributed by atoms with E-state index in [1.165, 1.54) is 30.0 Å². The van der Waals surface area contributed by atoms with Crippen LogP contribution in [0.25, 0.3) is 0 Å². The molecule has 2 aromatic rings. The van der Waals surface area contributed by atoms with Crippen LogP contribution in [0, 0.1) is 5.82 Å². The third-order valence-corrected chi connectivity index (χ3v) is 6.18. The maximum Gasteiger partial charge on any atom is 0.253 e. The molecule has 0 fully saturated rings. The van der Waals surface area contributed by atoms with E-state index in [1.807, 2.05) is 0 Å². The fourth-order valence-corrected chi connectivity index (χ4v) is 4.78. The number of halogens is 1. The summed E-state index contributed by atoms with van der Waals surface area (Å²) in [6, 6.07) is 10.6. The van der Waals surface area contributed by atoms with Crippen molar-refractivity contribution in [2.75, 3.05) is 12.0 Å². The Bertz CT molecular complexity index is 896. The number of rotatable bonds is 3. The second kappa shape index (κ2) is 6.57. The van der Waals surface area contributed by atoms with Crippen molar-refractivity contribution in [1.29, 1.82) is 0 Å². The molecule has 1 aliphatic rings. The zero-order chi connectivity index (χ0) is 17.3. The standard InChI is InChI=1S/C17H16FNO3S2/c1-24(21,22)15-8-3-2-5-12(15)17(20)19-14-9-10-23-16-11(14)6-4-7-13(16)18/h2-8,14H,9-10H2,1H3,(H,19,20). The van der Waals surface area contributed by atoms with Crippen LogP contribution in [0.5, 0.6) is 0 Å². The monoisotopic (exact) mass is 365 g/mol. The van der Waals surface area contributed by atoms with E-state index in [4.69, 9.17) is 0 Å². The SMILES string of the molecule is CS(=O)(=O)c1ccccc1C(=O)NC1CCSc2c(F)cccc21. The van der Waals surface area contributed by atoms with Crippen molar-refractivity contribution in [2.45, 2.75) is 22.3 Å². The van der Waals surface area contributed by atoms with Gasteiger partial charge in [-0.2, -0.15) is 0 Å². The van der Waals surface area contributed by atoms with Gasteiger partial charge in [0.05, 0.1) is 16.5 Å². The summed E-state index contributed by atoms with van der Waals surface area (Å²) in [4.78, 5) is 13.1. The van der Waals surface area contributed by atoms with Crippen LogP contribution in [0.3, 0.4) is 0 Å². The van der Waals surface area contributed by atoms with E-state index < -0.39 is 15.7 Å². The number of nitrogens with one attached hydrogen (secondary N) is 1. The van der Waals surface area contributed by atoms with Gasteiger partial charge in [-0.3, -0.25) is 4.79 Å². The van der Waals surface area contributed by atoms with Gasteiger partial charge in [-0.25, -0.2) is 12.8 Å². The molecule has 126 valence electrons. The number of hydrogen-bond donors (Lipinski definition) is 1. The number of amides is 1. The van der Waals surface area contributed by atoms with Crippen LogP contribution in [0.4, 0.5) is 4.39 Å². The summed E-state index contributed by atoms with van der Waals surface area (Å²) >= 11 is 1.43. The fourth-order valence-electron chi connectivity index (χ4n) is 2.75. The van der Waals surface area contributed by atoms with Crippen LogP contribution in [-0.4, -0.2) is 26.3 Å². The van der Waals surface area contributed by atoms with Gasteiger partial charge in [-0.05, 0) is 30.2 Å². The first-order chi connectivity index (χ1) is 11.4. The molecule has 1 aliphatic heterocycles. The van der Waals surface area contributed by atoms with Crippen molar-refractivity contribution >= 4 is 27.5 Å². The molecule has 0 aliphatic carbocycles. The highest BCUT2D eigenvalue weighted by molar-refractivity contribution is 7.99. The van der Waals surface area contributed by atoms with Gasteiger partial charge in [0.2, 0.25) is 0 Å². The van der Waals surface area contributed by atoms with E-state index >= 15 is 0 Å². The molecule has 4 nitrogen and oxygen atoms in total. The van der Waals surface area contributed by atoms with E-state index in [0.29, 0.717) is 17.1 Å². The molecule has 0 aromatic heterocycles. The molecule has 2 aromatic carbocycles. The molecular formula is C17H16FNO3S2. The molecule has 1 heterocycles. The summed E-state index contributed by atoms with van der Waals surface area (Å²) in [5, 5.41) is 2.85. The topological polar surface area (TPSA) is 63.2 Å². The van der Waals surface area contributed by atoms with Crippen molar-refractivity contribution in [1.82, 2.24) is 5.32 Å². The Hall–Kier alpha value is -1.86. The van der Waals surface area contributed by atoms with Crippen molar-refractivity contribution in [3.05, 3.63) is 59.4 Å². The fraction of sp³-hybridized carbons (Fsp3) is 0.235. The number of hydrogen-bond acceptors (Lipinski definition) is 4. The molecule has 0 bridgehead atoms. The van der Waals surface area contributed by atoms with Crippen LogP contribution in [0.1, 0.15) is 28.4 Å². The van der Waals surface area contributed by atoms with Gasteiger partial charge in [-0.1, -0.05) is 24.3 Å². The summed E-state index contributed by atoms with van der Waals surface area (Å²) in [6.45, 7) is 0. The Morgan fingerprint density at radius 2 is 1.96 bits per heavy atom. The van der Waals surface area contributed by atoms with Crippen molar-refractivity contribution in [3.63, 3.8) is 0 Å². The Kier molecular flexibility index (Phi) is 4.64. The minimum absolute atomic E-state index is 0.00727. The van der Waals surface area contributed by atoms with E-state index in [-0.39, 0.29) is 22.3 Å². The molecule has 0 saturated carbocycles. The molecule has 3 rings (SSSR count). The van der Waals surface area contributed by atoms with Crippen molar-refractivity contribution < 1.29 is 17.6 Å². The molecule has 1 amide bonds. The lowest BCUT2D eigenvalue weighted by atomic mass is 10.0. The van der Waals surface area contributed by atoms with Gasteiger partial charge in [0.15, 0.2) is 9.84 Å². The number of carbonyl (C=O) groups is 1. The van der Waals surface area contributed by atoms with Gasteiger partial charge in [-0.15, -0.1) is 11.8 Å². The second-order valence-electron chi connectivity index (χ2n) is 5.59. The molecule has 7 heteroatoms. The van der Waals surface area contributed by atoms with Gasteiger partial charge >= 0.3 is 0 Å². The van der Waals surface area contributed by atoms with Crippen LogP contribution < -0.4 is 5.32 Å². The molecule has 1 N–H and O–H groups in total. The van der Waals surface area contributed by atoms with Crippen LogP contribution in [0.2, 0.25) is 0 Å². The Morgan fingerprint density at radius 3 is 2.71 bits per heavy atom. The first-order valence-corrected chi connectivity index (χ1v) is 10.3. The number of sulfone groups is 1. The maximum atomic E-state index is 13.9. The lowest BCUT2D eigenvalue weighted by molar-refractivity contribution is 0.0931.